The average Bonchev–Trinajstić information content (AvgIpc) is 3.24. The molecule has 0 atom stereocenters. The summed E-state index contributed by atoms with van der Waals surface area (Å²) in [7, 11) is 3.55. The molecule has 3 N–H and O–H groups in total. The Kier molecular flexibility index (Phi) is 7.01. The summed E-state index contributed by atoms with van der Waals surface area (Å²) in [5.41, 5.74) is -0.104. The van der Waals surface area contributed by atoms with Gasteiger partial charge in [-0.1, -0.05) is 0 Å². The molecule has 1 aliphatic heterocycles. The number of nitrogens with zero attached hydrogens (tertiary/aromatic N) is 4. The van der Waals surface area contributed by atoms with Crippen molar-refractivity contribution in [2.75, 3.05) is 62.1 Å². The van der Waals surface area contributed by atoms with Gasteiger partial charge in [0, 0.05) is 45.4 Å². The summed E-state index contributed by atoms with van der Waals surface area (Å²) < 4.78 is 5.07. The second-order valence-electron chi connectivity index (χ2n) is 7.13. The number of hydrogen-bond donors (Lipinski definition) is 3. The third-order valence-corrected chi connectivity index (χ3v) is 5.96. The van der Waals surface area contributed by atoms with Gasteiger partial charge >= 0.3 is 0 Å². The van der Waals surface area contributed by atoms with Crippen LogP contribution in [0.15, 0.2) is 23.7 Å². The van der Waals surface area contributed by atoms with Crippen molar-refractivity contribution >= 4 is 33.9 Å². The summed E-state index contributed by atoms with van der Waals surface area (Å²) in [5.74, 6) is 0.347. The van der Waals surface area contributed by atoms with Crippen molar-refractivity contribution in [1.29, 1.82) is 0 Å². The number of aromatic nitrogens is 2. The van der Waals surface area contributed by atoms with Crippen molar-refractivity contribution < 1.29 is 19.7 Å². The van der Waals surface area contributed by atoms with Crippen LogP contribution in [0.1, 0.15) is 23.3 Å². The summed E-state index contributed by atoms with van der Waals surface area (Å²) in [6.45, 7) is 2.10. The van der Waals surface area contributed by atoms with Crippen LogP contribution in [-0.4, -0.2) is 78.7 Å². The smallest absolute Gasteiger partial charge is 0.275 e. The standard InChI is InChI=1S/C19H27N5O4S/c1-23(10-11-28-2)18-22-15(12-29-18)17(26)21-14-4-3-7-20-16(14)24-8-5-19(27,13-25)6-9-24/h3-4,7,12,25,27H,5-6,8-11,13H2,1-2H3,(H,21,26). The highest BCUT2D eigenvalue weighted by molar-refractivity contribution is 7.13. The largest absolute Gasteiger partial charge is 0.393 e. The van der Waals surface area contributed by atoms with Crippen molar-refractivity contribution in [1.82, 2.24) is 9.97 Å². The third-order valence-electron chi connectivity index (χ3n) is 5.00. The number of carbonyl (C=O) groups excluding carboxylic acids is 1. The second kappa shape index (κ2) is 9.49. The lowest BCUT2D eigenvalue weighted by molar-refractivity contribution is -0.0326. The second-order valence-corrected chi connectivity index (χ2v) is 7.96. The number of aliphatic hydroxyl groups excluding tert-OH is 1. The van der Waals surface area contributed by atoms with E-state index in [1.165, 1.54) is 11.3 Å². The van der Waals surface area contributed by atoms with Gasteiger partial charge in [-0.25, -0.2) is 9.97 Å². The summed E-state index contributed by atoms with van der Waals surface area (Å²) in [5, 5.41) is 24.9. The highest BCUT2D eigenvalue weighted by atomic mass is 32.1. The number of amides is 1. The Morgan fingerprint density at radius 2 is 2.21 bits per heavy atom. The molecule has 3 rings (SSSR count). The number of aliphatic hydroxyl groups is 2. The van der Waals surface area contributed by atoms with E-state index in [0.29, 0.717) is 56.3 Å². The number of piperidine rings is 1. The molecule has 9 nitrogen and oxygen atoms in total. The molecule has 2 aromatic rings. The molecule has 0 unspecified atom stereocenters. The lowest BCUT2D eigenvalue weighted by Crippen LogP contribution is -2.47. The highest BCUT2D eigenvalue weighted by Crippen LogP contribution is 2.30. The number of methoxy groups -OCH3 is 1. The molecule has 3 heterocycles. The van der Waals surface area contributed by atoms with Gasteiger partial charge in [-0.3, -0.25) is 4.79 Å². The molecular formula is C19H27N5O4S. The van der Waals surface area contributed by atoms with E-state index in [9.17, 15) is 15.0 Å². The third kappa shape index (κ3) is 5.21. The van der Waals surface area contributed by atoms with Crippen LogP contribution in [0.4, 0.5) is 16.6 Å². The van der Waals surface area contributed by atoms with E-state index in [2.05, 4.69) is 15.3 Å². The Morgan fingerprint density at radius 3 is 2.90 bits per heavy atom. The average molecular weight is 422 g/mol. The van der Waals surface area contributed by atoms with E-state index in [4.69, 9.17) is 4.74 Å². The number of anilines is 3. The molecule has 0 saturated carbocycles. The molecule has 2 aromatic heterocycles. The van der Waals surface area contributed by atoms with E-state index in [1.807, 2.05) is 16.8 Å². The van der Waals surface area contributed by atoms with E-state index >= 15 is 0 Å². The number of rotatable bonds is 8. The molecule has 10 heteroatoms. The number of carbonyl (C=O) groups is 1. The van der Waals surface area contributed by atoms with Gasteiger partial charge < -0.3 is 30.1 Å². The first kappa shape index (κ1) is 21.4. The molecule has 158 valence electrons. The topological polar surface area (TPSA) is 111 Å². The Bertz CT molecular complexity index is 822. The fourth-order valence-electron chi connectivity index (χ4n) is 3.09. The van der Waals surface area contributed by atoms with Gasteiger partial charge in [0.2, 0.25) is 0 Å². The molecule has 0 radical (unpaired) electrons. The van der Waals surface area contributed by atoms with E-state index in [0.717, 1.165) is 5.13 Å². The fourth-order valence-corrected chi connectivity index (χ4v) is 3.89. The van der Waals surface area contributed by atoms with E-state index in [1.54, 1.807) is 30.8 Å². The Balaban J connectivity index is 1.68. The van der Waals surface area contributed by atoms with Crippen LogP contribution in [0.2, 0.25) is 0 Å². The van der Waals surface area contributed by atoms with Crippen molar-refractivity contribution in [3.05, 3.63) is 29.4 Å². The van der Waals surface area contributed by atoms with E-state index < -0.39 is 5.60 Å². The van der Waals surface area contributed by atoms with Crippen LogP contribution >= 0.6 is 11.3 Å². The summed E-state index contributed by atoms with van der Waals surface area (Å²) in [6, 6.07) is 3.56. The minimum Gasteiger partial charge on any atom is -0.393 e. The lowest BCUT2D eigenvalue weighted by Gasteiger charge is -2.38. The van der Waals surface area contributed by atoms with Gasteiger partial charge in [0.05, 0.1) is 24.5 Å². The predicted molar refractivity (Wildman–Crippen MR) is 113 cm³/mol. The van der Waals surface area contributed by atoms with Crippen LogP contribution < -0.4 is 15.1 Å². The van der Waals surface area contributed by atoms with Gasteiger partial charge in [-0.15, -0.1) is 11.3 Å². The Morgan fingerprint density at radius 1 is 1.45 bits per heavy atom. The maximum absolute atomic E-state index is 12.7. The summed E-state index contributed by atoms with van der Waals surface area (Å²) in [4.78, 5) is 25.5. The molecule has 1 saturated heterocycles. The van der Waals surface area contributed by atoms with Crippen molar-refractivity contribution in [3.8, 4) is 0 Å². The lowest BCUT2D eigenvalue weighted by atomic mass is 9.92. The van der Waals surface area contributed by atoms with Gasteiger partial charge in [0.25, 0.3) is 5.91 Å². The summed E-state index contributed by atoms with van der Waals surface area (Å²) >= 11 is 1.40. The van der Waals surface area contributed by atoms with Crippen LogP contribution in [0.25, 0.3) is 0 Å². The normalized spacial score (nSPS) is 15.9. The maximum Gasteiger partial charge on any atom is 0.275 e. The molecule has 1 amide bonds. The zero-order valence-corrected chi connectivity index (χ0v) is 17.5. The van der Waals surface area contributed by atoms with Crippen LogP contribution in [0.3, 0.4) is 0 Å². The number of hydrogen-bond acceptors (Lipinski definition) is 9. The van der Waals surface area contributed by atoms with Crippen molar-refractivity contribution in [2.45, 2.75) is 18.4 Å². The van der Waals surface area contributed by atoms with Crippen LogP contribution in [-0.2, 0) is 4.74 Å². The Hall–Kier alpha value is -2.27. The Labute approximate surface area is 174 Å². The minimum atomic E-state index is -1.04. The number of likely N-dealkylation sites (N-methyl/N-ethyl adjacent to an activating group) is 1. The molecule has 0 aromatic carbocycles. The number of thiazole rings is 1. The molecule has 0 aliphatic carbocycles. The zero-order valence-electron chi connectivity index (χ0n) is 16.7. The first-order valence-corrected chi connectivity index (χ1v) is 10.3. The summed E-state index contributed by atoms with van der Waals surface area (Å²) in [6.07, 6.45) is 2.55. The van der Waals surface area contributed by atoms with E-state index in [-0.39, 0.29) is 12.5 Å². The molecule has 1 aliphatic rings. The molecule has 0 bridgehead atoms. The van der Waals surface area contributed by atoms with Crippen molar-refractivity contribution in [2.24, 2.45) is 0 Å². The van der Waals surface area contributed by atoms with Crippen LogP contribution in [0.5, 0.6) is 0 Å². The number of nitrogens with one attached hydrogen (secondary N) is 1. The highest BCUT2D eigenvalue weighted by Gasteiger charge is 2.32. The zero-order chi connectivity index (χ0) is 20.9. The number of pyridine rings is 1. The van der Waals surface area contributed by atoms with Crippen LogP contribution in [0, 0.1) is 0 Å². The monoisotopic (exact) mass is 421 g/mol. The first-order valence-electron chi connectivity index (χ1n) is 9.46. The minimum absolute atomic E-state index is 0.252. The quantitative estimate of drug-likeness (QED) is 0.583. The number of ether oxygens (including phenoxy) is 1. The molecule has 0 spiro atoms. The SMILES string of the molecule is COCCN(C)c1nc(C(=O)Nc2cccnc2N2CCC(O)(CO)CC2)cs1. The molecular weight excluding hydrogens is 394 g/mol. The molecule has 29 heavy (non-hydrogen) atoms. The fraction of sp³-hybridized carbons (Fsp3) is 0.526. The van der Waals surface area contributed by atoms with Gasteiger partial charge in [-0.2, -0.15) is 0 Å². The van der Waals surface area contributed by atoms with Gasteiger partial charge in [-0.05, 0) is 25.0 Å². The van der Waals surface area contributed by atoms with Gasteiger partial charge in [0.15, 0.2) is 10.9 Å². The van der Waals surface area contributed by atoms with Gasteiger partial charge in [0.1, 0.15) is 5.69 Å². The first-order chi connectivity index (χ1) is 14.0. The maximum atomic E-state index is 12.7. The van der Waals surface area contributed by atoms with Crippen molar-refractivity contribution in [3.63, 3.8) is 0 Å². The predicted octanol–water partition coefficient (Wildman–Crippen LogP) is 1.20. The molecule has 1 fully saturated rings.